The van der Waals surface area contributed by atoms with E-state index >= 15 is 0 Å². The molecule has 21 heavy (non-hydrogen) atoms. The second-order valence-corrected chi connectivity index (χ2v) is 5.24. The molecule has 116 valence electrons. The molecule has 0 heterocycles. The van der Waals surface area contributed by atoms with Gasteiger partial charge in [0.15, 0.2) is 5.82 Å². The number of urea groups is 1. The van der Waals surface area contributed by atoms with Gasteiger partial charge < -0.3 is 15.7 Å². The summed E-state index contributed by atoms with van der Waals surface area (Å²) in [4.78, 5) is 23.2. The number of rotatable bonds is 5. The molecule has 3 N–H and O–H groups in total. The fraction of sp³-hybridized carbons (Fsp3) is 0.385. The van der Waals surface area contributed by atoms with Gasteiger partial charge in [-0.2, -0.15) is 0 Å². The summed E-state index contributed by atoms with van der Waals surface area (Å²) < 4.78 is 13.3. The number of carbonyl (C=O) groups excluding carboxylic acids is 1. The summed E-state index contributed by atoms with van der Waals surface area (Å²) in [6.45, 7) is 3.31. The molecule has 5 nitrogen and oxygen atoms in total. The fourth-order valence-electron chi connectivity index (χ4n) is 1.79. The Labute approximate surface area is 131 Å². The summed E-state index contributed by atoms with van der Waals surface area (Å²) in [6.07, 6.45) is 0.439. The van der Waals surface area contributed by atoms with Crippen LogP contribution in [0.1, 0.15) is 26.7 Å². The first kappa shape index (κ1) is 17.5. The van der Waals surface area contributed by atoms with E-state index in [9.17, 15) is 19.1 Å². The second-order valence-electron chi connectivity index (χ2n) is 4.43. The smallest absolute Gasteiger partial charge is 0.329 e. The number of hydrogen-bond donors (Lipinski definition) is 3. The number of nitrogens with one attached hydrogen (secondary N) is 2. The highest BCUT2D eigenvalue weighted by molar-refractivity contribution is 6.35. The average molecular weight is 337 g/mol. The first-order valence-electron chi connectivity index (χ1n) is 6.22. The van der Waals surface area contributed by atoms with Crippen LogP contribution in [0.4, 0.5) is 14.9 Å². The molecule has 0 aromatic heterocycles. The summed E-state index contributed by atoms with van der Waals surface area (Å²) in [7, 11) is 0. The zero-order valence-electron chi connectivity index (χ0n) is 11.5. The lowest BCUT2D eigenvalue weighted by molar-refractivity contribution is -0.144. The third-order valence-electron chi connectivity index (χ3n) is 3.21. The van der Waals surface area contributed by atoms with Crippen molar-refractivity contribution in [3.05, 3.63) is 28.0 Å². The van der Waals surface area contributed by atoms with Crippen molar-refractivity contribution < 1.29 is 19.1 Å². The Balaban J connectivity index is 2.89. The number of hydrogen-bond acceptors (Lipinski definition) is 2. The van der Waals surface area contributed by atoms with Gasteiger partial charge in [-0.3, -0.25) is 0 Å². The number of anilines is 1. The summed E-state index contributed by atoms with van der Waals surface area (Å²) >= 11 is 11.2. The highest BCUT2D eigenvalue weighted by atomic mass is 35.5. The van der Waals surface area contributed by atoms with Crippen molar-refractivity contribution in [1.29, 1.82) is 0 Å². The van der Waals surface area contributed by atoms with E-state index < -0.39 is 23.4 Å². The maximum absolute atomic E-state index is 13.3. The van der Waals surface area contributed by atoms with Gasteiger partial charge in [0, 0.05) is 5.69 Å². The SMILES string of the molecule is CCC(CC)(NC(=O)Nc1cc(Cl)c(F)c(Cl)c1)C(=O)O. The molecule has 0 spiro atoms. The third-order valence-corrected chi connectivity index (χ3v) is 3.76. The van der Waals surface area contributed by atoms with E-state index in [0.29, 0.717) is 0 Å². The van der Waals surface area contributed by atoms with Crippen LogP contribution in [0, 0.1) is 5.82 Å². The molecule has 0 bridgehead atoms. The number of aliphatic carboxylic acids is 1. The topological polar surface area (TPSA) is 78.4 Å². The minimum atomic E-state index is -1.36. The number of carbonyl (C=O) groups is 2. The van der Waals surface area contributed by atoms with Gasteiger partial charge in [0.25, 0.3) is 0 Å². The van der Waals surface area contributed by atoms with Crippen LogP contribution < -0.4 is 10.6 Å². The number of carboxylic acid groups (broad SMARTS) is 1. The lowest BCUT2D eigenvalue weighted by Gasteiger charge is -2.28. The molecule has 0 unspecified atom stereocenters. The van der Waals surface area contributed by atoms with E-state index in [0.717, 1.165) is 0 Å². The van der Waals surface area contributed by atoms with E-state index in [4.69, 9.17) is 23.2 Å². The van der Waals surface area contributed by atoms with Crippen LogP contribution in [-0.4, -0.2) is 22.6 Å². The van der Waals surface area contributed by atoms with E-state index in [-0.39, 0.29) is 28.6 Å². The molecule has 0 aliphatic carbocycles. The molecule has 0 aliphatic heterocycles. The van der Waals surface area contributed by atoms with Crippen LogP contribution in [-0.2, 0) is 4.79 Å². The number of halogens is 3. The Bertz CT molecular complexity index is 539. The minimum Gasteiger partial charge on any atom is -0.480 e. The van der Waals surface area contributed by atoms with Gasteiger partial charge >= 0.3 is 12.0 Å². The lowest BCUT2D eigenvalue weighted by atomic mass is 9.93. The van der Waals surface area contributed by atoms with Crippen LogP contribution >= 0.6 is 23.2 Å². The summed E-state index contributed by atoms with van der Waals surface area (Å²) in [6, 6.07) is 1.63. The Morgan fingerprint density at radius 1 is 1.24 bits per heavy atom. The summed E-state index contributed by atoms with van der Waals surface area (Å²) in [5.41, 5.74) is -1.20. The fourth-order valence-corrected chi connectivity index (χ4v) is 2.28. The summed E-state index contributed by atoms with van der Waals surface area (Å²) in [5, 5.41) is 13.5. The van der Waals surface area contributed by atoms with Crippen molar-refractivity contribution in [2.24, 2.45) is 0 Å². The monoisotopic (exact) mass is 336 g/mol. The number of carboxylic acids is 1. The predicted molar refractivity (Wildman–Crippen MR) is 79.5 cm³/mol. The molecular weight excluding hydrogens is 322 g/mol. The van der Waals surface area contributed by atoms with Crippen LogP contribution in [0.25, 0.3) is 0 Å². The molecule has 1 rings (SSSR count). The molecular formula is C13H15Cl2FN2O3. The molecule has 1 aromatic rings. The second kappa shape index (κ2) is 6.95. The number of amides is 2. The van der Waals surface area contributed by atoms with E-state index in [1.54, 1.807) is 13.8 Å². The molecule has 1 aromatic carbocycles. The molecule has 2 amide bonds. The van der Waals surface area contributed by atoms with Gasteiger partial charge in [0.05, 0.1) is 10.0 Å². The zero-order chi connectivity index (χ0) is 16.2. The van der Waals surface area contributed by atoms with Crippen LogP contribution in [0.15, 0.2) is 12.1 Å². The van der Waals surface area contributed by atoms with Crippen molar-refractivity contribution in [3.63, 3.8) is 0 Å². The van der Waals surface area contributed by atoms with Gasteiger partial charge in [-0.15, -0.1) is 0 Å². The van der Waals surface area contributed by atoms with Gasteiger partial charge in [-0.1, -0.05) is 37.0 Å². The van der Waals surface area contributed by atoms with Crippen LogP contribution in [0.3, 0.4) is 0 Å². The highest BCUT2D eigenvalue weighted by Crippen LogP contribution is 2.27. The summed E-state index contributed by atoms with van der Waals surface area (Å²) in [5.74, 6) is -1.91. The van der Waals surface area contributed by atoms with Crippen molar-refractivity contribution in [1.82, 2.24) is 5.32 Å². The van der Waals surface area contributed by atoms with E-state index in [2.05, 4.69) is 10.6 Å². The van der Waals surface area contributed by atoms with Gasteiger partial charge in [-0.05, 0) is 25.0 Å². The molecule has 0 aliphatic rings. The Kier molecular flexibility index (Phi) is 5.80. The van der Waals surface area contributed by atoms with E-state index in [1.165, 1.54) is 12.1 Å². The van der Waals surface area contributed by atoms with Crippen molar-refractivity contribution >= 4 is 40.9 Å². The van der Waals surface area contributed by atoms with Gasteiger partial charge in [-0.25, -0.2) is 14.0 Å². The molecule has 8 heteroatoms. The number of benzene rings is 1. The van der Waals surface area contributed by atoms with Crippen LogP contribution in [0.5, 0.6) is 0 Å². The van der Waals surface area contributed by atoms with Crippen molar-refractivity contribution in [2.75, 3.05) is 5.32 Å². The molecule has 0 fully saturated rings. The predicted octanol–water partition coefficient (Wildman–Crippen LogP) is 3.90. The van der Waals surface area contributed by atoms with Gasteiger partial charge in [0.1, 0.15) is 5.54 Å². The first-order valence-corrected chi connectivity index (χ1v) is 6.98. The minimum absolute atomic E-state index is 0.162. The van der Waals surface area contributed by atoms with E-state index in [1.807, 2.05) is 0 Å². The normalized spacial score (nSPS) is 11.1. The molecule has 0 saturated carbocycles. The zero-order valence-corrected chi connectivity index (χ0v) is 13.0. The maximum Gasteiger partial charge on any atom is 0.329 e. The highest BCUT2D eigenvalue weighted by Gasteiger charge is 2.36. The first-order chi connectivity index (χ1) is 9.75. The Morgan fingerprint density at radius 2 is 1.71 bits per heavy atom. The standard InChI is InChI=1S/C13H15Cl2FN2O3/c1-3-13(4-2,11(19)20)18-12(21)17-7-5-8(14)10(16)9(15)6-7/h5-6H,3-4H2,1-2H3,(H,19,20)(H2,17,18,21). The average Bonchev–Trinajstić information content (AvgIpc) is 2.41. The largest absolute Gasteiger partial charge is 0.480 e. The van der Waals surface area contributed by atoms with Crippen molar-refractivity contribution in [2.45, 2.75) is 32.2 Å². The molecule has 0 atom stereocenters. The van der Waals surface area contributed by atoms with Gasteiger partial charge in [0.2, 0.25) is 0 Å². The van der Waals surface area contributed by atoms with Crippen LogP contribution in [0.2, 0.25) is 10.0 Å². The molecule has 0 radical (unpaired) electrons. The lowest BCUT2D eigenvalue weighted by Crippen LogP contribution is -2.54. The Morgan fingerprint density at radius 3 is 2.10 bits per heavy atom. The molecule has 0 saturated heterocycles. The third kappa shape index (κ3) is 3.98. The Hall–Kier alpha value is -1.53. The van der Waals surface area contributed by atoms with Crippen molar-refractivity contribution in [3.8, 4) is 0 Å². The maximum atomic E-state index is 13.3. The quantitative estimate of drug-likeness (QED) is 0.713.